The van der Waals surface area contributed by atoms with Crippen molar-refractivity contribution in [1.29, 1.82) is 0 Å². The fourth-order valence-electron chi connectivity index (χ4n) is 5.34. The van der Waals surface area contributed by atoms with Crippen molar-refractivity contribution in [2.24, 2.45) is 0 Å². The molecule has 2 fully saturated rings. The number of ether oxygens (including phenoxy) is 1. The molecule has 0 aromatic heterocycles. The van der Waals surface area contributed by atoms with Gasteiger partial charge >= 0.3 is 0 Å². The molecule has 1 atom stereocenters. The lowest BCUT2D eigenvalue weighted by Crippen LogP contribution is -2.55. The van der Waals surface area contributed by atoms with Crippen LogP contribution in [0.2, 0.25) is 0 Å². The SMILES string of the molecule is CCCN1CCCCC12CCc1cc(OC3CCCC3)ccc1C2. The van der Waals surface area contributed by atoms with Crippen LogP contribution >= 0.6 is 0 Å². The number of rotatable bonds is 4. The van der Waals surface area contributed by atoms with Crippen LogP contribution in [0.1, 0.15) is 75.8 Å². The maximum atomic E-state index is 6.23. The van der Waals surface area contributed by atoms with E-state index in [1.54, 1.807) is 11.1 Å². The number of hydrogen-bond donors (Lipinski definition) is 0. The quantitative estimate of drug-likeness (QED) is 0.760. The van der Waals surface area contributed by atoms with E-state index in [0.29, 0.717) is 11.6 Å². The van der Waals surface area contributed by atoms with E-state index in [1.807, 2.05) is 0 Å². The molecular weight excluding hydrogens is 294 g/mol. The van der Waals surface area contributed by atoms with Crippen LogP contribution in [0.3, 0.4) is 0 Å². The lowest BCUT2D eigenvalue weighted by Gasteiger charge is -2.50. The van der Waals surface area contributed by atoms with Crippen molar-refractivity contribution in [2.45, 2.75) is 89.2 Å². The van der Waals surface area contributed by atoms with Crippen LogP contribution in [0.15, 0.2) is 18.2 Å². The lowest BCUT2D eigenvalue weighted by atomic mass is 9.72. The zero-order valence-electron chi connectivity index (χ0n) is 15.4. The van der Waals surface area contributed by atoms with Crippen LogP contribution in [-0.4, -0.2) is 29.6 Å². The summed E-state index contributed by atoms with van der Waals surface area (Å²) >= 11 is 0. The number of piperidine rings is 1. The first-order valence-electron chi connectivity index (χ1n) is 10.3. The largest absolute Gasteiger partial charge is 0.490 e. The molecule has 0 radical (unpaired) electrons. The smallest absolute Gasteiger partial charge is 0.120 e. The van der Waals surface area contributed by atoms with Gasteiger partial charge in [-0.15, -0.1) is 0 Å². The number of likely N-dealkylation sites (tertiary alicyclic amines) is 1. The molecular formula is C22H33NO. The summed E-state index contributed by atoms with van der Waals surface area (Å²) in [5.74, 6) is 1.12. The summed E-state index contributed by atoms with van der Waals surface area (Å²) in [6.07, 6.45) is 14.9. The minimum atomic E-state index is 0.453. The number of benzene rings is 1. The Morgan fingerprint density at radius 3 is 2.79 bits per heavy atom. The summed E-state index contributed by atoms with van der Waals surface area (Å²) in [6.45, 7) is 4.91. The van der Waals surface area contributed by atoms with Gasteiger partial charge in [-0.1, -0.05) is 19.4 Å². The predicted molar refractivity (Wildman–Crippen MR) is 99.8 cm³/mol. The highest BCUT2D eigenvalue weighted by Crippen LogP contribution is 2.41. The molecule has 24 heavy (non-hydrogen) atoms. The molecule has 1 aromatic rings. The average molecular weight is 328 g/mol. The molecule has 0 amide bonds. The third-order valence-electron chi connectivity index (χ3n) is 6.65. The van der Waals surface area contributed by atoms with Crippen molar-refractivity contribution < 1.29 is 4.74 Å². The molecule has 132 valence electrons. The molecule has 1 unspecified atom stereocenters. The summed E-state index contributed by atoms with van der Waals surface area (Å²) in [6, 6.07) is 6.97. The minimum Gasteiger partial charge on any atom is -0.490 e. The van der Waals surface area contributed by atoms with Crippen LogP contribution in [0.4, 0.5) is 0 Å². The monoisotopic (exact) mass is 327 g/mol. The first-order chi connectivity index (χ1) is 11.8. The number of fused-ring (bicyclic) bond motifs is 1. The zero-order valence-corrected chi connectivity index (χ0v) is 15.4. The van der Waals surface area contributed by atoms with E-state index in [2.05, 4.69) is 30.0 Å². The van der Waals surface area contributed by atoms with Crippen LogP contribution in [0.25, 0.3) is 0 Å². The molecule has 1 saturated carbocycles. The standard InChI is InChI=1S/C22H33NO/c1-2-14-23-15-6-5-12-22(23)13-11-18-16-21(10-9-19(18)17-22)24-20-7-3-4-8-20/h9-10,16,20H,2-8,11-15,17H2,1H3. The number of nitrogens with zero attached hydrogens (tertiary/aromatic N) is 1. The third-order valence-corrected chi connectivity index (χ3v) is 6.65. The molecule has 1 saturated heterocycles. The van der Waals surface area contributed by atoms with Gasteiger partial charge in [0.05, 0.1) is 6.10 Å². The van der Waals surface area contributed by atoms with E-state index < -0.39 is 0 Å². The van der Waals surface area contributed by atoms with Crippen LogP contribution in [0, 0.1) is 0 Å². The van der Waals surface area contributed by atoms with Crippen molar-refractivity contribution in [3.8, 4) is 5.75 Å². The average Bonchev–Trinajstić information content (AvgIpc) is 3.11. The van der Waals surface area contributed by atoms with Gasteiger partial charge in [-0.3, -0.25) is 4.90 Å². The second kappa shape index (κ2) is 7.07. The normalized spacial score (nSPS) is 28.2. The topological polar surface area (TPSA) is 12.5 Å². The lowest BCUT2D eigenvalue weighted by molar-refractivity contribution is 0.0340. The van der Waals surface area contributed by atoms with E-state index >= 15 is 0 Å². The van der Waals surface area contributed by atoms with E-state index in [9.17, 15) is 0 Å². The molecule has 1 aliphatic heterocycles. The molecule has 2 heteroatoms. The summed E-state index contributed by atoms with van der Waals surface area (Å²) in [7, 11) is 0. The first kappa shape index (κ1) is 16.4. The van der Waals surface area contributed by atoms with Crippen LogP contribution in [0.5, 0.6) is 5.75 Å². The van der Waals surface area contributed by atoms with Gasteiger partial charge in [0.1, 0.15) is 5.75 Å². The van der Waals surface area contributed by atoms with Crippen molar-refractivity contribution in [2.75, 3.05) is 13.1 Å². The highest BCUT2D eigenvalue weighted by Gasteiger charge is 2.40. The van der Waals surface area contributed by atoms with Crippen molar-refractivity contribution in [3.63, 3.8) is 0 Å². The second-order valence-corrected chi connectivity index (χ2v) is 8.30. The van der Waals surface area contributed by atoms with Gasteiger partial charge in [0.2, 0.25) is 0 Å². The second-order valence-electron chi connectivity index (χ2n) is 8.30. The summed E-state index contributed by atoms with van der Waals surface area (Å²) < 4.78 is 6.23. The van der Waals surface area contributed by atoms with Crippen LogP contribution < -0.4 is 4.74 Å². The Morgan fingerprint density at radius 1 is 1.08 bits per heavy atom. The highest BCUT2D eigenvalue weighted by molar-refractivity contribution is 5.39. The van der Waals surface area contributed by atoms with Crippen molar-refractivity contribution >= 4 is 0 Å². The van der Waals surface area contributed by atoms with Gasteiger partial charge < -0.3 is 4.74 Å². The van der Waals surface area contributed by atoms with Gasteiger partial charge in [0.15, 0.2) is 0 Å². The zero-order chi connectivity index (χ0) is 16.4. The number of hydrogen-bond acceptors (Lipinski definition) is 2. The van der Waals surface area contributed by atoms with Crippen LogP contribution in [-0.2, 0) is 12.8 Å². The van der Waals surface area contributed by atoms with Gasteiger partial charge in [-0.25, -0.2) is 0 Å². The Hall–Kier alpha value is -1.02. The molecule has 4 rings (SSSR count). The Morgan fingerprint density at radius 2 is 1.96 bits per heavy atom. The fraction of sp³-hybridized carbons (Fsp3) is 0.727. The Balaban J connectivity index is 1.50. The maximum absolute atomic E-state index is 6.23. The Bertz CT molecular complexity index is 561. The van der Waals surface area contributed by atoms with Gasteiger partial charge in [-0.2, -0.15) is 0 Å². The van der Waals surface area contributed by atoms with E-state index in [1.165, 1.54) is 83.7 Å². The Labute approximate surface area is 147 Å². The fourth-order valence-corrected chi connectivity index (χ4v) is 5.34. The first-order valence-corrected chi connectivity index (χ1v) is 10.3. The summed E-state index contributed by atoms with van der Waals surface area (Å²) in [5.41, 5.74) is 3.59. The van der Waals surface area contributed by atoms with Crippen molar-refractivity contribution in [1.82, 2.24) is 4.90 Å². The highest BCUT2D eigenvalue weighted by atomic mass is 16.5. The molecule has 1 heterocycles. The van der Waals surface area contributed by atoms with E-state index in [4.69, 9.17) is 4.74 Å². The summed E-state index contributed by atoms with van der Waals surface area (Å²) in [4.78, 5) is 2.82. The Kier molecular flexibility index (Phi) is 4.85. The number of aryl methyl sites for hydroxylation is 1. The predicted octanol–water partition coefficient (Wildman–Crippen LogP) is 5.13. The molecule has 3 aliphatic rings. The third kappa shape index (κ3) is 3.22. The summed E-state index contributed by atoms with van der Waals surface area (Å²) in [5, 5.41) is 0. The molecule has 2 nitrogen and oxygen atoms in total. The molecule has 1 aromatic carbocycles. The molecule has 0 bridgehead atoms. The van der Waals surface area contributed by atoms with E-state index in [0.717, 1.165) is 5.75 Å². The van der Waals surface area contributed by atoms with Gasteiger partial charge in [0.25, 0.3) is 0 Å². The van der Waals surface area contributed by atoms with Gasteiger partial charge in [-0.05, 0) is 101 Å². The van der Waals surface area contributed by atoms with Crippen molar-refractivity contribution in [3.05, 3.63) is 29.3 Å². The minimum absolute atomic E-state index is 0.453. The molecule has 1 spiro atoms. The molecule has 2 aliphatic carbocycles. The maximum Gasteiger partial charge on any atom is 0.120 e. The molecule has 0 N–H and O–H groups in total. The van der Waals surface area contributed by atoms with E-state index in [-0.39, 0.29) is 0 Å². The van der Waals surface area contributed by atoms with Gasteiger partial charge in [0, 0.05) is 5.54 Å².